The van der Waals surface area contributed by atoms with E-state index < -0.39 is 0 Å². The molecule has 0 aliphatic heterocycles. The summed E-state index contributed by atoms with van der Waals surface area (Å²) in [4.78, 5) is 18.4. The summed E-state index contributed by atoms with van der Waals surface area (Å²) in [5.41, 5.74) is 3.12. The molecule has 0 saturated carbocycles. The van der Waals surface area contributed by atoms with Crippen LogP contribution < -0.4 is 0 Å². The Morgan fingerprint density at radius 3 is 2.78 bits per heavy atom. The smallest absolute Gasteiger partial charge is 0.150 e. The predicted molar refractivity (Wildman–Crippen MR) is 71.9 cm³/mol. The van der Waals surface area contributed by atoms with Crippen molar-refractivity contribution in [3.63, 3.8) is 0 Å². The first-order valence-corrected chi connectivity index (χ1v) is 5.85. The fourth-order valence-corrected chi connectivity index (χ4v) is 2.11. The van der Waals surface area contributed by atoms with Gasteiger partial charge in [0.15, 0.2) is 0 Å². The van der Waals surface area contributed by atoms with E-state index in [1.807, 2.05) is 30.3 Å². The molecule has 0 unspecified atom stereocenters. The first-order chi connectivity index (χ1) is 8.78. The van der Waals surface area contributed by atoms with Gasteiger partial charge in [0, 0.05) is 11.1 Å². The lowest BCUT2D eigenvalue weighted by atomic mass is 10.2. The largest absolute Gasteiger partial charge is 0.338 e. The molecule has 3 rings (SSSR count). The number of halogens is 1. The third-order valence-electron chi connectivity index (χ3n) is 2.77. The normalized spacial score (nSPS) is 10.7. The number of carbonyl (C=O) groups excluding carboxylic acids is 1. The molecule has 0 fully saturated rings. The minimum absolute atomic E-state index is 0.622. The standard InChI is InChI=1S/C14H9ClN2O/c15-11-4-2-1-3-10(11)14-16-12-6-5-9(8-18)7-13(12)17-14/h1-8H,(H,16,17). The number of nitrogens with zero attached hydrogens (tertiary/aromatic N) is 1. The van der Waals surface area contributed by atoms with E-state index in [1.165, 1.54) is 0 Å². The van der Waals surface area contributed by atoms with Gasteiger partial charge in [-0.05, 0) is 30.3 Å². The van der Waals surface area contributed by atoms with Gasteiger partial charge in [0.05, 0.1) is 16.1 Å². The molecule has 4 heteroatoms. The zero-order valence-corrected chi connectivity index (χ0v) is 10.1. The number of fused-ring (bicyclic) bond motifs is 1. The van der Waals surface area contributed by atoms with Crippen molar-refractivity contribution < 1.29 is 4.79 Å². The molecule has 0 saturated heterocycles. The number of aromatic amines is 1. The van der Waals surface area contributed by atoms with Crippen LogP contribution in [0.2, 0.25) is 5.02 Å². The highest BCUT2D eigenvalue weighted by Gasteiger charge is 2.08. The lowest BCUT2D eigenvalue weighted by Gasteiger charge is -1.98. The molecule has 0 amide bonds. The number of aldehydes is 1. The van der Waals surface area contributed by atoms with Crippen LogP contribution in [0.5, 0.6) is 0 Å². The number of rotatable bonds is 2. The van der Waals surface area contributed by atoms with Crippen LogP contribution in [0.4, 0.5) is 0 Å². The molecular formula is C14H9ClN2O. The zero-order chi connectivity index (χ0) is 12.5. The van der Waals surface area contributed by atoms with Crippen LogP contribution in [-0.4, -0.2) is 16.3 Å². The SMILES string of the molecule is O=Cc1ccc2nc(-c3ccccc3Cl)[nH]c2c1. The molecule has 18 heavy (non-hydrogen) atoms. The molecule has 0 radical (unpaired) electrons. The van der Waals surface area contributed by atoms with Crippen LogP contribution in [0.3, 0.4) is 0 Å². The summed E-state index contributed by atoms with van der Waals surface area (Å²) < 4.78 is 0. The molecule has 0 atom stereocenters. The van der Waals surface area contributed by atoms with Crippen molar-refractivity contribution in [1.82, 2.24) is 9.97 Å². The number of carbonyl (C=O) groups is 1. The Labute approximate surface area is 108 Å². The summed E-state index contributed by atoms with van der Waals surface area (Å²) in [6.45, 7) is 0. The van der Waals surface area contributed by atoms with Crippen molar-refractivity contribution in [2.75, 3.05) is 0 Å². The average molecular weight is 257 g/mol. The molecule has 88 valence electrons. The summed E-state index contributed by atoms with van der Waals surface area (Å²) in [6, 6.07) is 12.8. The fraction of sp³-hybridized carbons (Fsp3) is 0. The quantitative estimate of drug-likeness (QED) is 0.711. The third-order valence-corrected chi connectivity index (χ3v) is 3.10. The van der Waals surface area contributed by atoms with Crippen molar-refractivity contribution in [2.45, 2.75) is 0 Å². The Hall–Kier alpha value is -2.13. The summed E-state index contributed by atoms with van der Waals surface area (Å²) in [5, 5.41) is 0.646. The monoisotopic (exact) mass is 256 g/mol. The van der Waals surface area contributed by atoms with Gasteiger partial charge in [-0.2, -0.15) is 0 Å². The van der Waals surface area contributed by atoms with Crippen molar-refractivity contribution in [3.05, 3.63) is 53.1 Å². The summed E-state index contributed by atoms with van der Waals surface area (Å²) >= 11 is 6.13. The molecule has 0 aliphatic rings. The molecule has 1 heterocycles. The average Bonchev–Trinajstić information content (AvgIpc) is 2.81. The molecule has 3 nitrogen and oxygen atoms in total. The van der Waals surface area contributed by atoms with E-state index in [4.69, 9.17) is 11.6 Å². The van der Waals surface area contributed by atoms with Crippen molar-refractivity contribution in [3.8, 4) is 11.4 Å². The van der Waals surface area contributed by atoms with Gasteiger partial charge in [0.1, 0.15) is 12.1 Å². The second-order valence-electron chi connectivity index (χ2n) is 3.96. The molecule has 0 spiro atoms. The molecule has 0 bridgehead atoms. The van der Waals surface area contributed by atoms with Crippen LogP contribution in [-0.2, 0) is 0 Å². The first-order valence-electron chi connectivity index (χ1n) is 5.48. The van der Waals surface area contributed by atoms with E-state index in [0.29, 0.717) is 16.4 Å². The molecule has 1 aromatic heterocycles. The topological polar surface area (TPSA) is 45.8 Å². The number of nitrogens with one attached hydrogen (secondary N) is 1. The van der Waals surface area contributed by atoms with Crippen molar-refractivity contribution in [2.24, 2.45) is 0 Å². The van der Waals surface area contributed by atoms with E-state index in [2.05, 4.69) is 9.97 Å². The number of H-pyrrole nitrogens is 1. The number of benzene rings is 2. The second-order valence-corrected chi connectivity index (χ2v) is 4.37. The minimum Gasteiger partial charge on any atom is -0.338 e. The van der Waals surface area contributed by atoms with Crippen LogP contribution in [0.25, 0.3) is 22.4 Å². The van der Waals surface area contributed by atoms with Gasteiger partial charge in [-0.25, -0.2) is 4.98 Å². The predicted octanol–water partition coefficient (Wildman–Crippen LogP) is 3.70. The van der Waals surface area contributed by atoms with E-state index >= 15 is 0 Å². The number of imidazole rings is 1. The van der Waals surface area contributed by atoms with Gasteiger partial charge >= 0.3 is 0 Å². The van der Waals surface area contributed by atoms with Gasteiger partial charge in [-0.3, -0.25) is 4.79 Å². The highest BCUT2D eigenvalue weighted by molar-refractivity contribution is 6.33. The van der Waals surface area contributed by atoms with Crippen LogP contribution >= 0.6 is 11.6 Å². The number of hydrogen-bond acceptors (Lipinski definition) is 2. The summed E-state index contributed by atoms with van der Waals surface area (Å²) in [6.07, 6.45) is 0.815. The molecule has 2 aromatic carbocycles. The Morgan fingerprint density at radius 2 is 2.00 bits per heavy atom. The maximum atomic E-state index is 10.7. The van der Waals surface area contributed by atoms with Gasteiger partial charge < -0.3 is 4.98 Å². The molecule has 0 aliphatic carbocycles. The Kier molecular flexibility index (Phi) is 2.61. The third kappa shape index (κ3) is 1.79. The molecular weight excluding hydrogens is 248 g/mol. The number of hydrogen-bond donors (Lipinski definition) is 1. The van der Waals surface area contributed by atoms with Gasteiger partial charge in [0.25, 0.3) is 0 Å². The van der Waals surface area contributed by atoms with E-state index in [0.717, 1.165) is 22.9 Å². The van der Waals surface area contributed by atoms with Gasteiger partial charge in [0.2, 0.25) is 0 Å². The van der Waals surface area contributed by atoms with E-state index in [-0.39, 0.29) is 0 Å². The molecule has 1 N–H and O–H groups in total. The minimum atomic E-state index is 0.622. The zero-order valence-electron chi connectivity index (χ0n) is 9.35. The fourth-order valence-electron chi connectivity index (χ4n) is 1.88. The maximum absolute atomic E-state index is 10.7. The van der Waals surface area contributed by atoms with Crippen LogP contribution in [0.15, 0.2) is 42.5 Å². The van der Waals surface area contributed by atoms with Crippen LogP contribution in [0, 0.1) is 0 Å². The number of aromatic nitrogens is 2. The Balaban J connectivity index is 2.19. The lowest BCUT2D eigenvalue weighted by molar-refractivity contribution is 0.112. The maximum Gasteiger partial charge on any atom is 0.150 e. The molecule has 3 aromatic rings. The van der Waals surface area contributed by atoms with E-state index in [9.17, 15) is 4.79 Å². The van der Waals surface area contributed by atoms with E-state index in [1.54, 1.807) is 12.1 Å². The highest BCUT2D eigenvalue weighted by Crippen LogP contribution is 2.27. The van der Waals surface area contributed by atoms with Gasteiger partial charge in [-0.1, -0.05) is 23.7 Å². The first kappa shape index (κ1) is 11.0. The van der Waals surface area contributed by atoms with Crippen molar-refractivity contribution in [1.29, 1.82) is 0 Å². The summed E-state index contributed by atoms with van der Waals surface area (Å²) in [7, 11) is 0. The summed E-state index contributed by atoms with van der Waals surface area (Å²) in [5.74, 6) is 0.707. The second kappa shape index (κ2) is 4.27. The van der Waals surface area contributed by atoms with Crippen LogP contribution in [0.1, 0.15) is 10.4 Å². The van der Waals surface area contributed by atoms with Gasteiger partial charge in [-0.15, -0.1) is 0 Å². The van der Waals surface area contributed by atoms with Crippen molar-refractivity contribution >= 4 is 28.9 Å². The Bertz CT molecular complexity index is 733. The lowest BCUT2D eigenvalue weighted by Crippen LogP contribution is -1.80. The Morgan fingerprint density at radius 1 is 1.17 bits per heavy atom. The highest BCUT2D eigenvalue weighted by atomic mass is 35.5.